The molecule has 2 atom stereocenters. The molecule has 1 aliphatic heterocycles. The van der Waals surface area contributed by atoms with Crippen LogP contribution in [-0.4, -0.2) is 53.0 Å². The minimum Gasteiger partial charge on any atom is -0.481 e. The lowest BCUT2D eigenvalue weighted by Crippen LogP contribution is -2.48. The van der Waals surface area contributed by atoms with Crippen molar-refractivity contribution in [1.82, 2.24) is 10.2 Å². The quantitative estimate of drug-likeness (QED) is 0.764. The van der Waals surface area contributed by atoms with Crippen molar-refractivity contribution in [3.05, 3.63) is 29.8 Å². The molecule has 26 heavy (non-hydrogen) atoms. The molecule has 2 N–H and O–H groups in total. The van der Waals surface area contributed by atoms with E-state index in [0.717, 1.165) is 0 Å². The summed E-state index contributed by atoms with van der Waals surface area (Å²) < 4.78 is 29.5. The third kappa shape index (κ3) is 4.90. The third-order valence-corrected chi connectivity index (χ3v) is 4.02. The van der Waals surface area contributed by atoms with E-state index in [1.165, 1.54) is 29.2 Å². The van der Waals surface area contributed by atoms with E-state index < -0.39 is 36.5 Å². The average Bonchev–Trinajstić information content (AvgIpc) is 3.03. The first-order chi connectivity index (χ1) is 12.3. The van der Waals surface area contributed by atoms with Gasteiger partial charge >= 0.3 is 12.6 Å². The molecule has 2 amide bonds. The van der Waals surface area contributed by atoms with Crippen LogP contribution in [0.2, 0.25) is 0 Å². The van der Waals surface area contributed by atoms with E-state index in [1.54, 1.807) is 6.92 Å². The van der Waals surface area contributed by atoms with Gasteiger partial charge in [0.25, 0.3) is 5.91 Å². The van der Waals surface area contributed by atoms with Crippen LogP contribution < -0.4 is 10.1 Å². The summed E-state index contributed by atoms with van der Waals surface area (Å²) in [7, 11) is 0. The van der Waals surface area contributed by atoms with Crippen molar-refractivity contribution in [2.24, 2.45) is 0 Å². The molecule has 0 aromatic heterocycles. The van der Waals surface area contributed by atoms with Gasteiger partial charge in [-0.2, -0.15) is 8.78 Å². The minimum atomic E-state index is -3.07. The van der Waals surface area contributed by atoms with E-state index >= 15 is 0 Å². The summed E-state index contributed by atoms with van der Waals surface area (Å²) in [5, 5.41) is 11.3. The molecule has 0 aliphatic carbocycles. The highest BCUT2D eigenvalue weighted by molar-refractivity contribution is 6.00. The number of ether oxygens (including phenoxy) is 1. The molecule has 0 bridgehead atoms. The number of carboxylic acids is 1. The van der Waals surface area contributed by atoms with Crippen LogP contribution in [0.5, 0.6) is 5.75 Å². The normalized spacial score (nSPS) is 17.8. The van der Waals surface area contributed by atoms with Gasteiger partial charge in [0.1, 0.15) is 11.8 Å². The van der Waals surface area contributed by atoms with Crippen molar-refractivity contribution in [3.63, 3.8) is 0 Å². The monoisotopic (exact) mass is 370 g/mol. The molecule has 2 rings (SSSR count). The highest BCUT2D eigenvalue weighted by Crippen LogP contribution is 2.26. The number of halogens is 2. The van der Waals surface area contributed by atoms with Gasteiger partial charge in [0.15, 0.2) is 0 Å². The first-order valence-corrected chi connectivity index (χ1v) is 8.16. The zero-order valence-corrected chi connectivity index (χ0v) is 14.2. The Morgan fingerprint density at radius 3 is 2.69 bits per heavy atom. The van der Waals surface area contributed by atoms with Crippen LogP contribution in [0.15, 0.2) is 24.3 Å². The van der Waals surface area contributed by atoms with Crippen molar-refractivity contribution in [1.29, 1.82) is 0 Å². The van der Waals surface area contributed by atoms with Gasteiger partial charge in [-0.15, -0.1) is 0 Å². The summed E-state index contributed by atoms with van der Waals surface area (Å²) >= 11 is 0. The van der Waals surface area contributed by atoms with E-state index in [1.807, 2.05) is 0 Å². The Morgan fingerprint density at radius 2 is 2.04 bits per heavy atom. The van der Waals surface area contributed by atoms with E-state index in [9.17, 15) is 23.2 Å². The Labute approximate surface area is 148 Å². The van der Waals surface area contributed by atoms with Gasteiger partial charge in [-0.3, -0.25) is 14.4 Å². The fourth-order valence-electron chi connectivity index (χ4n) is 2.93. The number of carbonyl (C=O) groups excluding carboxylic acids is 2. The number of nitrogens with one attached hydrogen (secondary N) is 1. The van der Waals surface area contributed by atoms with Crippen LogP contribution >= 0.6 is 0 Å². The van der Waals surface area contributed by atoms with Gasteiger partial charge in [-0.05, 0) is 31.9 Å². The molecule has 1 fully saturated rings. The van der Waals surface area contributed by atoms with Gasteiger partial charge in [0, 0.05) is 12.6 Å². The number of carbonyl (C=O) groups is 3. The van der Waals surface area contributed by atoms with Crippen LogP contribution in [0.25, 0.3) is 0 Å². The van der Waals surface area contributed by atoms with Crippen molar-refractivity contribution in [2.75, 3.05) is 6.54 Å². The number of benzene rings is 1. The van der Waals surface area contributed by atoms with Crippen LogP contribution in [-0.2, 0) is 9.59 Å². The van der Waals surface area contributed by atoms with E-state index in [4.69, 9.17) is 5.11 Å². The summed E-state index contributed by atoms with van der Waals surface area (Å²) in [6.07, 6.45) is 0.752. The van der Waals surface area contributed by atoms with Gasteiger partial charge in [-0.25, -0.2) is 0 Å². The Balaban J connectivity index is 2.13. The van der Waals surface area contributed by atoms with Gasteiger partial charge in [0.2, 0.25) is 5.91 Å². The van der Waals surface area contributed by atoms with Gasteiger partial charge in [0.05, 0.1) is 12.0 Å². The molecule has 9 heteroatoms. The molecule has 1 saturated heterocycles. The molecule has 142 valence electrons. The number of aliphatic carboxylic acids is 1. The molecule has 0 spiro atoms. The van der Waals surface area contributed by atoms with Crippen molar-refractivity contribution >= 4 is 17.8 Å². The molecule has 1 aromatic rings. The van der Waals surface area contributed by atoms with Crippen molar-refractivity contribution in [3.8, 4) is 5.75 Å². The van der Waals surface area contributed by atoms with Crippen LogP contribution in [0.1, 0.15) is 36.5 Å². The predicted molar refractivity (Wildman–Crippen MR) is 87.0 cm³/mol. The van der Waals surface area contributed by atoms with Crippen LogP contribution in [0, 0.1) is 0 Å². The highest BCUT2D eigenvalue weighted by atomic mass is 19.3. The molecule has 1 aliphatic rings. The molecule has 7 nitrogen and oxygen atoms in total. The second kappa shape index (κ2) is 8.59. The summed E-state index contributed by atoms with van der Waals surface area (Å²) in [5.41, 5.74) is -0.0499. The van der Waals surface area contributed by atoms with Crippen molar-refractivity contribution < 1.29 is 33.0 Å². The number of alkyl halides is 2. The number of para-hydroxylation sites is 1. The minimum absolute atomic E-state index is 0.0499. The SMILES string of the molecule is CC(CC(=O)O)NC(=O)C1CCCN1C(=O)c1ccccc1OC(F)F. The third-order valence-electron chi connectivity index (χ3n) is 4.02. The summed E-state index contributed by atoms with van der Waals surface area (Å²) in [5.74, 6) is -2.34. The number of nitrogens with zero attached hydrogens (tertiary/aromatic N) is 1. The summed E-state index contributed by atoms with van der Waals surface area (Å²) in [6, 6.07) is 4.24. The second-order valence-electron chi connectivity index (χ2n) is 6.04. The van der Waals surface area contributed by atoms with E-state index in [0.29, 0.717) is 19.4 Å². The largest absolute Gasteiger partial charge is 0.481 e. The molecule has 0 saturated carbocycles. The zero-order valence-electron chi connectivity index (χ0n) is 14.2. The Bertz CT molecular complexity index is 683. The maximum atomic E-state index is 12.8. The first kappa shape index (κ1) is 19.6. The Hall–Kier alpha value is -2.71. The molecule has 0 radical (unpaired) electrons. The lowest BCUT2D eigenvalue weighted by Gasteiger charge is -2.26. The number of likely N-dealkylation sites (tertiary alicyclic amines) is 1. The number of carboxylic acid groups (broad SMARTS) is 1. The average molecular weight is 370 g/mol. The number of hydrogen-bond donors (Lipinski definition) is 2. The number of rotatable bonds is 7. The highest BCUT2D eigenvalue weighted by Gasteiger charge is 2.36. The van der Waals surface area contributed by atoms with E-state index in [2.05, 4.69) is 10.1 Å². The lowest BCUT2D eigenvalue weighted by molar-refractivity contribution is -0.137. The van der Waals surface area contributed by atoms with Crippen LogP contribution in [0.4, 0.5) is 8.78 Å². The Morgan fingerprint density at radius 1 is 1.35 bits per heavy atom. The lowest BCUT2D eigenvalue weighted by atomic mass is 10.1. The number of hydrogen-bond acceptors (Lipinski definition) is 4. The molecular formula is C17H20F2N2O5. The molecule has 2 unspecified atom stereocenters. The van der Waals surface area contributed by atoms with Gasteiger partial charge in [-0.1, -0.05) is 12.1 Å². The van der Waals surface area contributed by atoms with Crippen LogP contribution in [0.3, 0.4) is 0 Å². The van der Waals surface area contributed by atoms with Gasteiger partial charge < -0.3 is 20.1 Å². The smallest absolute Gasteiger partial charge is 0.387 e. The zero-order chi connectivity index (χ0) is 19.3. The maximum absolute atomic E-state index is 12.8. The van der Waals surface area contributed by atoms with Crippen molar-refractivity contribution in [2.45, 2.75) is 44.9 Å². The fraction of sp³-hybridized carbons (Fsp3) is 0.471. The molecule has 1 aromatic carbocycles. The predicted octanol–water partition coefficient (Wildman–Crippen LogP) is 1.87. The van der Waals surface area contributed by atoms with E-state index in [-0.39, 0.29) is 17.7 Å². The number of amides is 2. The molecular weight excluding hydrogens is 350 g/mol. The molecule has 1 heterocycles. The topological polar surface area (TPSA) is 95.9 Å². The summed E-state index contributed by atoms with van der Waals surface area (Å²) in [6.45, 7) is -1.22. The second-order valence-corrected chi connectivity index (χ2v) is 6.04. The first-order valence-electron chi connectivity index (χ1n) is 8.16. The standard InChI is InChI=1S/C17H20F2N2O5/c1-10(9-14(22)23)20-15(24)12-6-4-8-21(12)16(25)11-5-2-3-7-13(11)26-17(18)19/h2-3,5,7,10,12,17H,4,6,8-9H2,1H3,(H,20,24)(H,22,23). The summed E-state index contributed by atoms with van der Waals surface area (Å²) in [4.78, 5) is 37.2. The maximum Gasteiger partial charge on any atom is 0.387 e. The fourth-order valence-corrected chi connectivity index (χ4v) is 2.93. The Kier molecular flexibility index (Phi) is 6.48.